The predicted octanol–water partition coefficient (Wildman–Crippen LogP) is 1.97. The number of benzene rings is 1. The van der Waals surface area contributed by atoms with Gasteiger partial charge in [-0.25, -0.2) is 0 Å². The Morgan fingerprint density at radius 1 is 1.18 bits per heavy atom. The summed E-state index contributed by atoms with van der Waals surface area (Å²) in [4.78, 5) is 14.0. The van der Waals surface area contributed by atoms with Gasteiger partial charge in [-0.2, -0.15) is 19.3 Å². The fourth-order valence-electron chi connectivity index (χ4n) is 1.98. The average molecular weight is 302 g/mol. The highest BCUT2D eigenvalue weighted by Gasteiger charge is 2.21. The van der Waals surface area contributed by atoms with Crippen LogP contribution in [0.1, 0.15) is 11.1 Å². The standard InChI is InChI=1S/C14H8F2N4O2/c15-14(16)22-10-4-2-1-3-7(10)11-8(5-17)12(19)20-13(21)9(11)6-18/h1-4,14H,(H3,19,20,21). The summed E-state index contributed by atoms with van der Waals surface area (Å²) in [5.74, 6) is -0.524. The molecule has 0 fully saturated rings. The van der Waals surface area contributed by atoms with Crippen molar-refractivity contribution in [1.82, 2.24) is 4.98 Å². The van der Waals surface area contributed by atoms with E-state index in [2.05, 4.69) is 9.72 Å². The van der Waals surface area contributed by atoms with Crippen LogP contribution in [0.25, 0.3) is 11.1 Å². The zero-order valence-electron chi connectivity index (χ0n) is 10.9. The van der Waals surface area contributed by atoms with E-state index in [1.807, 2.05) is 0 Å². The summed E-state index contributed by atoms with van der Waals surface area (Å²) >= 11 is 0. The van der Waals surface area contributed by atoms with Crippen molar-refractivity contribution < 1.29 is 13.5 Å². The summed E-state index contributed by atoms with van der Waals surface area (Å²) in [5.41, 5.74) is 4.02. The fraction of sp³-hybridized carbons (Fsp3) is 0.0714. The number of rotatable bonds is 3. The Kier molecular flexibility index (Phi) is 4.05. The number of nitrogens with two attached hydrogens (primary N) is 1. The van der Waals surface area contributed by atoms with Crippen LogP contribution in [-0.2, 0) is 0 Å². The van der Waals surface area contributed by atoms with Gasteiger partial charge in [-0.05, 0) is 6.07 Å². The first-order valence-electron chi connectivity index (χ1n) is 5.89. The molecule has 22 heavy (non-hydrogen) atoms. The molecule has 2 rings (SSSR count). The first-order valence-corrected chi connectivity index (χ1v) is 5.89. The molecule has 1 aromatic carbocycles. The molecule has 0 atom stereocenters. The van der Waals surface area contributed by atoms with Gasteiger partial charge in [0.2, 0.25) is 0 Å². The first kappa shape index (κ1) is 15.0. The van der Waals surface area contributed by atoms with Gasteiger partial charge in [-0.15, -0.1) is 0 Å². The van der Waals surface area contributed by atoms with Gasteiger partial charge in [0.25, 0.3) is 5.56 Å². The zero-order valence-corrected chi connectivity index (χ0v) is 10.9. The molecule has 8 heteroatoms. The van der Waals surface area contributed by atoms with Gasteiger partial charge in [0.1, 0.15) is 34.8 Å². The number of aromatic amines is 1. The number of nitrogens with one attached hydrogen (secondary N) is 1. The van der Waals surface area contributed by atoms with Crippen molar-refractivity contribution in [2.75, 3.05) is 5.73 Å². The number of halogens is 2. The van der Waals surface area contributed by atoms with Crippen molar-refractivity contribution in [3.05, 3.63) is 45.7 Å². The molecule has 1 heterocycles. The van der Waals surface area contributed by atoms with Crippen LogP contribution < -0.4 is 16.0 Å². The molecule has 0 unspecified atom stereocenters. The lowest BCUT2D eigenvalue weighted by atomic mass is 9.96. The van der Waals surface area contributed by atoms with E-state index in [1.54, 1.807) is 12.1 Å². The SMILES string of the molecule is N#Cc1c(N)[nH]c(=O)c(C#N)c1-c1ccccc1OC(F)F. The maximum atomic E-state index is 12.5. The second kappa shape index (κ2) is 5.94. The van der Waals surface area contributed by atoms with Gasteiger partial charge in [-0.3, -0.25) is 4.79 Å². The lowest BCUT2D eigenvalue weighted by Crippen LogP contribution is -2.16. The molecule has 110 valence electrons. The number of nitriles is 2. The van der Waals surface area contributed by atoms with Crippen LogP contribution in [0.15, 0.2) is 29.1 Å². The topological polar surface area (TPSA) is 116 Å². The third-order valence-electron chi connectivity index (χ3n) is 2.84. The Morgan fingerprint density at radius 2 is 1.82 bits per heavy atom. The highest BCUT2D eigenvalue weighted by atomic mass is 19.3. The monoisotopic (exact) mass is 302 g/mol. The summed E-state index contributed by atoms with van der Waals surface area (Å²) in [6, 6.07) is 8.93. The summed E-state index contributed by atoms with van der Waals surface area (Å²) in [6.45, 7) is -3.10. The second-order valence-electron chi connectivity index (χ2n) is 4.09. The highest BCUT2D eigenvalue weighted by Crippen LogP contribution is 2.35. The number of nitrogen functional groups attached to an aromatic ring is 1. The number of alkyl halides is 2. The Bertz CT molecular complexity index is 863. The number of ether oxygens (including phenoxy) is 1. The van der Waals surface area contributed by atoms with Gasteiger partial charge in [0.15, 0.2) is 0 Å². The van der Waals surface area contributed by atoms with E-state index in [-0.39, 0.29) is 28.3 Å². The van der Waals surface area contributed by atoms with Crippen molar-refractivity contribution in [3.63, 3.8) is 0 Å². The van der Waals surface area contributed by atoms with Crippen molar-refractivity contribution in [3.8, 4) is 29.0 Å². The number of aromatic nitrogens is 1. The normalized spacial score (nSPS) is 10.0. The van der Waals surface area contributed by atoms with E-state index in [0.717, 1.165) is 0 Å². The van der Waals surface area contributed by atoms with Crippen LogP contribution in [0.4, 0.5) is 14.6 Å². The molecule has 0 bridgehead atoms. The van der Waals surface area contributed by atoms with Gasteiger partial charge in [-0.1, -0.05) is 18.2 Å². The molecule has 1 aromatic heterocycles. The number of hydrogen-bond acceptors (Lipinski definition) is 5. The molecule has 0 spiro atoms. The molecule has 0 saturated heterocycles. The maximum absolute atomic E-state index is 12.5. The third kappa shape index (κ3) is 2.58. The molecule has 3 N–H and O–H groups in total. The quantitative estimate of drug-likeness (QED) is 0.899. The Morgan fingerprint density at radius 3 is 2.41 bits per heavy atom. The van der Waals surface area contributed by atoms with E-state index in [4.69, 9.17) is 11.0 Å². The zero-order chi connectivity index (χ0) is 16.3. The van der Waals surface area contributed by atoms with E-state index in [1.165, 1.54) is 24.3 Å². The van der Waals surface area contributed by atoms with Crippen LogP contribution >= 0.6 is 0 Å². The van der Waals surface area contributed by atoms with Crippen LogP contribution in [0, 0.1) is 22.7 Å². The Hall–Kier alpha value is -3.39. The highest BCUT2D eigenvalue weighted by molar-refractivity contribution is 5.83. The summed E-state index contributed by atoms with van der Waals surface area (Å²) < 4.78 is 29.4. The summed E-state index contributed by atoms with van der Waals surface area (Å²) in [5, 5.41) is 18.3. The minimum absolute atomic E-state index is 0.00806. The number of para-hydroxylation sites is 1. The fourth-order valence-corrected chi connectivity index (χ4v) is 1.98. The number of anilines is 1. The molecule has 0 aliphatic heterocycles. The molecule has 0 radical (unpaired) electrons. The Balaban J connectivity index is 2.87. The van der Waals surface area contributed by atoms with Crippen LogP contribution in [-0.4, -0.2) is 11.6 Å². The largest absolute Gasteiger partial charge is 0.434 e. The molecule has 2 aromatic rings. The minimum atomic E-state index is -3.10. The van der Waals surface area contributed by atoms with Crippen molar-refractivity contribution >= 4 is 5.82 Å². The maximum Gasteiger partial charge on any atom is 0.387 e. The number of pyridine rings is 1. The summed E-state index contributed by atoms with van der Waals surface area (Å²) in [6.07, 6.45) is 0. The first-order chi connectivity index (χ1) is 10.5. The van der Waals surface area contributed by atoms with Gasteiger partial charge in [0.05, 0.1) is 0 Å². The van der Waals surface area contributed by atoms with Crippen LogP contribution in [0.5, 0.6) is 5.75 Å². The lowest BCUT2D eigenvalue weighted by molar-refractivity contribution is -0.0494. The van der Waals surface area contributed by atoms with E-state index in [0.29, 0.717) is 0 Å². The molecule has 0 amide bonds. The Labute approximate surface area is 123 Å². The average Bonchev–Trinajstić information content (AvgIpc) is 2.46. The summed E-state index contributed by atoms with van der Waals surface area (Å²) in [7, 11) is 0. The molecule has 0 saturated carbocycles. The third-order valence-corrected chi connectivity index (χ3v) is 2.84. The minimum Gasteiger partial charge on any atom is -0.434 e. The van der Waals surface area contributed by atoms with E-state index >= 15 is 0 Å². The molecule has 0 aliphatic carbocycles. The number of nitrogens with zero attached hydrogens (tertiary/aromatic N) is 2. The smallest absolute Gasteiger partial charge is 0.387 e. The molecular weight excluding hydrogens is 294 g/mol. The van der Waals surface area contributed by atoms with E-state index < -0.39 is 17.7 Å². The van der Waals surface area contributed by atoms with Crippen LogP contribution in [0.2, 0.25) is 0 Å². The predicted molar refractivity (Wildman–Crippen MR) is 73.0 cm³/mol. The number of H-pyrrole nitrogens is 1. The number of hydrogen-bond donors (Lipinski definition) is 2. The molecular formula is C14H8F2N4O2. The van der Waals surface area contributed by atoms with E-state index in [9.17, 15) is 18.8 Å². The van der Waals surface area contributed by atoms with Crippen molar-refractivity contribution in [2.45, 2.75) is 6.61 Å². The van der Waals surface area contributed by atoms with Crippen molar-refractivity contribution in [2.24, 2.45) is 0 Å². The van der Waals surface area contributed by atoms with Gasteiger partial charge >= 0.3 is 6.61 Å². The van der Waals surface area contributed by atoms with Crippen molar-refractivity contribution in [1.29, 1.82) is 10.5 Å². The lowest BCUT2D eigenvalue weighted by Gasteiger charge is -2.13. The second-order valence-corrected chi connectivity index (χ2v) is 4.09. The van der Waals surface area contributed by atoms with Gasteiger partial charge in [0, 0.05) is 11.1 Å². The van der Waals surface area contributed by atoms with Crippen LogP contribution in [0.3, 0.4) is 0 Å². The molecule has 0 aliphatic rings. The van der Waals surface area contributed by atoms with Gasteiger partial charge < -0.3 is 15.5 Å². The molecule has 6 nitrogen and oxygen atoms in total.